The molecule has 1 N–H and O–H groups in total. The Bertz CT molecular complexity index is 915. The van der Waals surface area contributed by atoms with E-state index < -0.39 is 0 Å². The molecule has 0 amide bonds. The molecule has 0 aliphatic heterocycles. The number of ether oxygens (including phenoxy) is 3. The van der Waals surface area contributed by atoms with Gasteiger partial charge in [-0.2, -0.15) is 0 Å². The van der Waals surface area contributed by atoms with Crippen LogP contribution in [0.5, 0.6) is 17.2 Å². The molecule has 128 valence electrons. The lowest BCUT2D eigenvalue weighted by atomic mass is 10.1. The van der Waals surface area contributed by atoms with Gasteiger partial charge in [0.25, 0.3) is 0 Å². The van der Waals surface area contributed by atoms with Gasteiger partial charge in [0.1, 0.15) is 0 Å². The standard InChI is InChI=1S/C20H19NO4/c1-23-18-10-14(11-19(24-2)20(18)25-3)17(22)9-8-13-12-21-16-7-5-4-6-15(13)16/h4-12,21H,1-3H3/b9-8+. The van der Waals surface area contributed by atoms with Crippen molar-refractivity contribution >= 4 is 22.8 Å². The summed E-state index contributed by atoms with van der Waals surface area (Å²) in [6, 6.07) is 11.2. The molecule has 0 bridgehead atoms. The molecule has 2 aromatic carbocycles. The van der Waals surface area contributed by atoms with E-state index in [-0.39, 0.29) is 5.78 Å². The first-order chi connectivity index (χ1) is 12.2. The van der Waals surface area contributed by atoms with E-state index in [9.17, 15) is 4.79 Å². The molecule has 3 rings (SSSR count). The van der Waals surface area contributed by atoms with Gasteiger partial charge < -0.3 is 19.2 Å². The highest BCUT2D eigenvalue weighted by Gasteiger charge is 2.15. The maximum absolute atomic E-state index is 12.6. The first kappa shape index (κ1) is 16.6. The number of rotatable bonds is 6. The third-order valence-corrected chi connectivity index (χ3v) is 3.98. The van der Waals surface area contributed by atoms with Gasteiger partial charge in [0.2, 0.25) is 5.75 Å². The topological polar surface area (TPSA) is 60.6 Å². The Hall–Kier alpha value is -3.21. The van der Waals surface area contributed by atoms with Crippen LogP contribution in [-0.2, 0) is 0 Å². The summed E-state index contributed by atoms with van der Waals surface area (Å²) in [7, 11) is 4.57. The van der Waals surface area contributed by atoms with Crippen molar-refractivity contribution in [2.75, 3.05) is 21.3 Å². The molecule has 5 nitrogen and oxygen atoms in total. The van der Waals surface area contributed by atoms with E-state index in [1.165, 1.54) is 27.4 Å². The molecule has 1 aromatic heterocycles. The van der Waals surface area contributed by atoms with Crippen molar-refractivity contribution < 1.29 is 19.0 Å². The van der Waals surface area contributed by atoms with Gasteiger partial charge in [0.05, 0.1) is 21.3 Å². The minimum absolute atomic E-state index is 0.149. The first-order valence-corrected chi connectivity index (χ1v) is 7.76. The Morgan fingerprint density at radius 2 is 1.68 bits per heavy atom. The molecule has 0 fully saturated rings. The number of fused-ring (bicyclic) bond motifs is 1. The first-order valence-electron chi connectivity index (χ1n) is 7.76. The maximum Gasteiger partial charge on any atom is 0.203 e. The fraction of sp³-hybridized carbons (Fsp3) is 0.150. The van der Waals surface area contributed by atoms with Crippen LogP contribution >= 0.6 is 0 Å². The number of hydrogen-bond donors (Lipinski definition) is 1. The fourth-order valence-corrected chi connectivity index (χ4v) is 2.72. The summed E-state index contributed by atoms with van der Waals surface area (Å²) >= 11 is 0. The van der Waals surface area contributed by atoms with Gasteiger partial charge in [-0.05, 0) is 35.9 Å². The van der Waals surface area contributed by atoms with E-state index in [2.05, 4.69) is 4.98 Å². The lowest BCUT2D eigenvalue weighted by Crippen LogP contribution is -2.00. The zero-order chi connectivity index (χ0) is 17.8. The van der Waals surface area contributed by atoms with Crippen LogP contribution in [0.3, 0.4) is 0 Å². The summed E-state index contributed by atoms with van der Waals surface area (Å²) in [6.45, 7) is 0. The second-order valence-electron chi connectivity index (χ2n) is 5.40. The summed E-state index contributed by atoms with van der Waals surface area (Å²) in [6.07, 6.45) is 5.21. The van der Waals surface area contributed by atoms with E-state index in [4.69, 9.17) is 14.2 Å². The van der Waals surface area contributed by atoms with Gasteiger partial charge in [-0.1, -0.05) is 18.2 Å². The van der Waals surface area contributed by atoms with Crippen LogP contribution in [0.15, 0.2) is 48.7 Å². The lowest BCUT2D eigenvalue weighted by Gasteiger charge is -2.13. The largest absolute Gasteiger partial charge is 0.493 e. The number of nitrogens with one attached hydrogen (secondary N) is 1. The molecule has 0 atom stereocenters. The Labute approximate surface area is 145 Å². The van der Waals surface area contributed by atoms with Crippen LogP contribution in [0.25, 0.3) is 17.0 Å². The van der Waals surface area contributed by atoms with Crippen molar-refractivity contribution in [1.82, 2.24) is 4.98 Å². The highest BCUT2D eigenvalue weighted by Crippen LogP contribution is 2.38. The molecular weight excluding hydrogens is 318 g/mol. The summed E-state index contributed by atoms with van der Waals surface area (Å²) in [5.41, 5.74) is 2.45. The van der Waals surface area contributed by atoms with Crippen LogP contribution in [-0.4, -0.2) is 32.1 Å². The Balaban J connectivity index is 1.93. The molecule has 0 saturated heterocycles. The van der Waals surface area contributed by atoms with E-state index >= 15 is 0 Å². The van der Waals surface area contributed by atoms with Gasteiger partial charge >= 0.3 is 0 Å². The van der Waals surface area contributed by atoms with E-state index in [1.807, 2.05) is 30.5 Å². The molecule has 0 aliphatic rings. The smallest absolute Gasteiger partial charge is 0.203 e. The number of benzene rings is 2. The van der Waals surface area contributed by atoms with Gasteiger partial charge in [-0.3, -0.25) is 4.79 Å². The third-order valence-electron chi connectivity index (χ3n) is 3.98. The number of hydrogen-bond acceptors (Lipinski definition) is 4. The number of para-hydroxylation sites is 1. The van der Waals surface area contributed by atoms with Crippen molar-refractivity contribution in [3.8, 4) is 17.2 Å². The minimum atomic E-state index is -0.149. The second kappa shape index (κ2) is 7.13. The molecule has 0 saturated carbocycles. The van der Waals surface area contributed by atoms with Gasteiger partial charge in [0.15, 0.2) is 17.3 Å². The van der Waals surface area contributed by atoms with E-state index in [1.54, 1.807) is 18.2 Å². The molecule has 3 aromatic rings. The number of allylic oxidation sites excluding steroid dienone is 1. The Morgan fingerprint density at radius 3 is 2.32 bits per heavy atom. The zero-order valence-electron chi connectivity index (χ0n) is 14.3. The monoisotopic (exact) mass is 337 g/mol. The van der Waals surface area contributed by atoms with E-state index in [0.29, 0.717) is 22.8 Å². The number of ketones is 1. The van der Waals surface area contributed by atoms with Crippen molar-refractivity contribution in [2.45, 2.75) is 0 Å². The van der Waals surface area contributed by atoms with Crippen molar-refractivity contribution in [3.05, 3.63) is 59.8 Å². The third kappa shape index (κ3) is 3.21. The summed E-state index contributed by atoms with van der Waals surface area (Å²) < 4.78 is 15.9. The summed E-state index contributed by atoms with van der Waals surface area (Å²) in [4.78, 5) is 15.7. The average molecular weight is 337 g/mol. The van der Waals surface area contributed by atoms with Crippen LogP contribution < -0.4 is 14.2 Å². The summed E-state index contributed by atoms with van der Waals surface area (Å²) in [5, 5.41) is 1.07. The van der Waals surface area contributed by atoms with Crippen LogP contribution in [0, 0.1) is 0 Å². The molecular formula is C20H19NO4. The number of H-pyrrole nitrogens is 1. The predicted molar refractivity (Wildman–Crippen MR) is 97.8 cm³/mol. The molecule has 0 spiro atoms. The van der Waals surface area contributed by atoms with Gasteiger partial charge in [-0.15, -0.1) is 0 Å². The Morgan fingerprint density at radius 1 is 1.00 bits per heavy atom. The van der Waals surface area contributed by atoms with Gasteiger partial charge in [0, 0.05) is 22.7 Å². The highest BCUT2D eigenvalue weighted by molar-refractivity contribution is 6.08. The molecule has 1 heterocycles. The molecule has 0 radical (unpaired) electrons. The van der Waals surface area contributed by atoms with E-state index in [0.717, 1.165) is 16.5 Å². The second-order valence-corrected chi connectivity index (χ2v) is 5.40. The van der Waals surface area contributed by atoms with Crippen LogP contribution in [0.1, 0.15) is 15.9 Å². The number of methoxy groups -OCH3 is 3. The average Bonchev–Trinajstić information content (AvgIpc) is 3.07. The number of carbonyl (C=O) groups excluding carboxylic acids is 1. The highest BCUT2D eigenvalue weighted by atomic mass is 16.5. The quantitative estimate of drug-likeness (QED) is 0.544. The number of carbonyl (C=O) groups is 1. The SMILES string of the molecule is COc1cc(C(=O)/C=C/c2c[nH]c3ccccc23)cc(OC)c1OC. The van der Waals surface area contributed by atoms with Crippen LogP contribution in [0.2, 0.25) is 0 Å². The summed E-state index contributed by atoms with van der Waals surface area (Å²) in [5.74, 6) is 1.21. The molecule has 0 aliphatic carbocycles. The predicted octanol–water partition coefficient (Wildman–Crippen LogP) is 4.09. The number of aromatic amines is 1. The molecule has 5 heteroatoms. The Kier molecular flexibility index (Phi) is 4.75. The normalized spacial score (nSPS) is 11.0. The van der Waals surface area contributed by atoms with Crippen LogP contribution in [0.4, 0.5) is 0 Å². The maximum atomic E-state index is 12.6. The molecule has 25 heavy (non-hydrogen) atoms. The zero-order valence-corrected chi connectivity index (χ0v) is 14.3. The van der Waals surface area contributed by atoms with Crippen molar-refractivity contribution in [3.63, 3.8) is 0 Å². The van der Waals surface area contributed by atoms with Gasteiger partial charge in [-0.25, -0.2) is 0 Å². The molecule has 0 unspecified atom stereocenters. The lowest BCUT2D eigenvalue weighted by molar-refractivity contribution is 0.104. The van der Waals surface area contributed by atoms with Crippen molar-refractivity contribution in [1.29, 1.82) is 0 Å². The van der Waals surface area contributed by atoms with Crippen molar-refractivity contribution in [2.24, 2.45) is 0 Å². The fourth-order valence-electron chi connectivity index (χ4n) is 2.72. The minimum Gasteiger partial charge on any atom is -0.493 e. The number of aromatic nitrogens is 1.